The lowest BCUT2D eigenvalue weighted by Crippen LogP contribution is -2.17. The highest BCUT2D eigenvalue weighted by Gasteiger charge is 2.30. The smallest absolute Gasteiger partial charge is 0.254 e. The lowest BCUT2D eigenvalue weighted by atomic mass is 10.1. The van der Waals surface area contributed by atoms with Crippen LogP contribution >= 0.6 is 0 Å². The Bertz CT molecular complexity index is 638. The van der Waals surface area contributed by atoms with Crippen molar-refractivity contribution in [2.24, 2.45) is 4.99 Å². The molecule has 1 aliphatic heterocycles. The highest BCUT2D eigenvalue weighted by Crippen LogP contribution is 2.26. The first-order valence-corrected chi connectivity index (χ1v) is 6.90. The third kappa shape index (κ3) is 2.62. The minimum absolute atomic E-state index is 0.167. The second-order valence-corrected chi connectivity index (χ2v) is 5.89. The Labute approximate surface area is 119 Å². The van der Waals surface area contributed by atoms with Gasteiger partial charge in [-0.05, 0) is 32.4 Å². The molecule has 0 fully saturated rings. The Morgan fingerprint density at radius 1 is 1.20 bits per heavy atom. The molecule has 20 heavy (non-hydrogen) atoms. The molecule has 0 bridgehead atoms. The first-order valence-electron chi connectivity index (χ1n) is 6.90. The van der Waals surface area contributed by atoms with Gasteiger partial charge in [-0.15, -0.1) is 0 Å². The predicted octanol–water partition coefficient (Wildman–Crippen LogP) is 3.73. The van der Waals surface area contributed by atoms with Crippen molar-refractivity contribution >= 4 is 5.90 Å². The average molecular weight is 269 g/mol. The number of ether oxygens (including phenoxy) is 1. The van der Waals surface area contributed by atoms with Gasteiger partial charge >= 0.3 is 0 Å². The minimum Gasteiger partial charge on any atom is -0.473 e. The molecule has 0 spiro atoms. The average Bonchev–Trinajstić information content (AvgIpc) is 2.93. The Morgan fingerprint density at radius 3 is 2.60 bits per heavy atom. The summed E-state index contributed by atoms with van der Waals surface area (Å²) in [5, 5.41) is 0. The fraction of sp³-hybridized carbons (Fsp3) is 0.353. The zero-order valence-electron chi connectivity index (χ0n) is 12.1. The van der Waals surface area contributed by atoms with Crippen LogP contribution in [0.25, 0.3) is 0 Å². The van der Waals surface area contributed by atoms with Crippen molar-refractivity contribution in [3.8, 4) is 0 Å². The van der Waals surface area contributed by atoms with Gasteiger partial charge in [0.1, 0.15) is 12.4 Å². The van der Waals surface area contributed by atoms with Crippen LogP contribution in [0.4, 0.5) is 0 Å². The molecule has 3 rings (SSSR count). The van der Waals surface area contributed by atoms with E-state index >= 15 is 0 Å². The first-order chi connectivity index (χ1) is 9.53. The third-order valence-corrected chi connectivity index (χ3v) is 3.33. The van der Waals surface area contributed by atoms with E-state index < -0.39 is 0 Å². The molecular formula is C17H19NO2. The van der Waals surface area contributed by atoms with Gasteiger partial charge in [-0.25, -0.2) is 4.99 Å². The number of rotatable bonds is 3. The normalized spacial score (nSPS) is 16.9. The molecule has 3 heteroatoms. The molecule has 1 aliphatic rings. The van der Waals surface area contributed by atoms with Gasteiger partial charge in [0, 0.05) is 12.0 Å². The van der Waals surface area contributed by atoms with E-state index in [-0.39, 0.29) is 5.54 Å². The van der Waals surface area contributed by atoms with Crippen molar-refractivity contribution in [2.45, 2.75) is 32.7 Å². The molecule has 0 unspecified atom stereocenters. The summed E-state index contributed by atoms with van der Waals surface area (Å²) < 4.78 is 11.5. The highest BCUT2D eigenvalue weighted by atomic mass is 16.5. The van der Waals surface area contributed by atoms with Crippen molar-refractivity contribution in [3.05, 3.63) is 59.0 Å². The van der Waals surface area contributed by atoms with Gasteiger partial charge in [0.15, 0.2) is 5.76 Å². The van der Waals surface area contributed by atoms with Crippen LogP contribution in [0.3, 0.4) is 0 Å². The molecule has 0 N–H and O–H groups in total. The van der Waals surface area contributed by atoms with Gasteiger partial charge < -0.3 is 9.15 Å². The van der Waals surface area contributed by atoms with E-state index in [1.54, 1.807) is 0 Å². The lowest BCUT2D eigenvalue weighted by Gasteiger charge is -2.07. The molecule has 0 aliphatic carbocycles. The van der Waals surface area contributed by atoms with Crippen LogP contribution in [-0.4, -0.2) is 18.0 Å². The van der Waals surface area contributed by atoms with Gasteiger partial charge in [0.05, 0.1) is 5.54 Å². The van der Waals surface area contributed by atoms with Crippen molar-refractivity contribution in [3.63, 3.8) is 0 Å². The summed E-state index contributed by atoms with van der Waals surface area (Å²) in [6, 6.07) is 12.4. The predicted molar refractivity (Wildman–Crippen MR) is 79.3 cm³/mol. The van der Waals surface area contributed by atoms with E-state index in [1.807, 2.05) is 13.0 Å². The number of aliphatic imine (C=N–C) groups is 1. The Balaban J connectivity index is 1.93. The quantitative estimate of drug-likeness (QED) is 0.850. The molecule has 1 aromatic heterocycles. The maximum absolute atomic E-state index is 5.81. The summed E-state index contributed by atoms with van der Waals surface area (Å²) in [5.74, 6) is 2.30. The zero-order valence-corrected chi connectivity index (χ0v) is 12.1. The molecule has 0 atom stereocenters. The van der Waals surface area contributed by atoms with Crippen LogP contribution in [0.2, 0.25) is 0 Å². The fourth-order valence-electron chi connectivity index (χ4n) is 2.40. The van der Waals surface area contributed by atoms with Crippen molar-refractivity contribution in [1.82, 2.24) is 0 Å². The summed E-state index contributed by atoms with van der Waals surface area (Å²) >= 11 is 0. The number of aryl methyl sites for hydroxylation is 1. The minimum atomic E-state index is -0.167. The van der Waals surface area contributed by atoms with Crippen LogP contribution in [-0.2, 0) is 11.2 Å². The van der Waals surface area contributed by atoms with Crippen LogP contribution in [0.1, 0.15) is 36.5 Å². The summed E-state index contributed by atoms with van der Waals surface area (Å²) in [6.45, 7) is 6.69. The number of hydrogen-bond acceptors (Lipinski definition) is 3. The number of nitrogens with zero attached hydrogens (tertiary/aromatic N) is 1. The van der Waals surface area contributed by atoms with Gasteiger partial charge in [-0.3, -0.25) is 0 Å². The van der Waals surface area contributed by atoms with E-state index in [0.29, 0.717) is 12.5 Å². The second kappa shape index (κ2) is 4.82. The van der Waals surface area contributed by atoms with Crippen molar-refractivity contribution < 1.29 is 9.15 Å². The van der Waals surface area contributed by atoms with Crippen LogP contribution in [0, 0.1) is 6.92 Å². The van der Waals surface area contributed by atoms with Crippen LogP contribution in [0.15, 0.2) is 45.8 Å². The SMILES string of the molecule is Cc1cc(Cc2ccccc2)c(C2=NC(C)(C)CO2)o1. The summed E-state index contributed by atoms with van der Waals surface area (Å²) in [7, 11) is 0. The Kier molecular flexibility index (Phi) is 3.13. The van der Waals surface area contributed by atoms with Crippen LogP contribution in [0.5, 0.6) is 0 Å². The van der Waals surface area contributed by atoms with Crippen molar-refractivity contribution in [1.29, 1.82) is 0 Å². The largest absolute Gasteiger partial charge is 0.473 e. The summed E-state index contributed by atoms with van der Waals surface area (Å²) in [5.41, 5.74) is 2.22. The van der Waals surface area contributed by atoms with E-state index in [4.69, 9.17) is 9.15 Å². The number of furan rings is 1. The summed E-state index contributed by atoms with van der Waals surface area (Å²) in [4.78, 5) is 4.61. The van der Waals surface area contributed by atoms with Gasteiger partial charge in [-0.1, -0.05) is 30.3 Å². The number of benzene rings is 1. The summed E-state index contributed by atoms with van der Waals surface area (Å²) in [6.07, 6.45) is 0.830. The highest BCUT2D eigenvalue weighted by molar-refractivity contribution is 5.94. The molecule has 0 radical (unpaired) electrons. The molecule has 104 valence electrons. The van der Waals surface area contributed by atoms with E-state index in [0.717, 1.165) is 23.5 Å². The van der Waals surface area contributed by atoms with Crippen molar-refractivity contribution in [2.75, 3.05) is 6.61 Å². The first kappa shape index (κ1) is 13.0. The van der Waals surface area contributed by atoms with Crippen LogP contribution < -0.4 is 0 Å². The van der Waals surface area contributed by atoms with Gasteiger partial charge in [0.25, 0.3) is 5.90 Å². The third-order valence-electron chi connectivity index (χ3n) is 3.33. The second-order valence-electron chi connectivity index (χ2n) is 5.89. The fourth-order valence-corrected chi connectivity index (χ4v) is 2.40. The van der Waals surface area contributed by atoms with E-state index in [9.17, 15) is 0 Å². The Hall–Kier alpha value is -2.03. The molecule has 0 saturated carbocycles. The monoisotopic (exact) mass is 269 g/mol. The topological polar surface area (TPSA) is 34.7 Å². The van der Waals surface area contributed by atoms with Gasteiger partial charge in [-0.2, -0.15) is 0 Å². The maximum Gasteiger partial charge on any atom is 0.254 e. The molecular weight excluding hydrogens is 250 g/mol. The molecule has 0 amide bonds. The van der Waals surface area contributed by atoms with E-state index in [2.05, 4.69) is 49.2 Å². The van der Waals surface area contributed by atoms with Gasteiger partial charge in [0.2, 0.25) is 0 Å². The molecule has 0 saturated heterocycles. The molecule has 3 nitrogen and oxygen atoms in total. The maximum atomic E-state index is 5.81. The molecule has 2 aromatic rings. The number of hydrogen-bond donors (Lipinski definition) is 0. The lowest BCUT2D eigenvalue weighted by molar-refractivity contribution is 0.275. The Morgan fingerprint density at radius 2 is 1.95 bits per heavy atom. The molecule has 2 heterocycles. The zero-order chi connectivity index (χ0) is 14.2. The van der Waals surface area contributed by atoms with E-state index in [1.165, 1.54) is 5.56 Å². The standard InChI is InChI=1S/C17H19NO2/c1-12-9-14(10-13-7-5-4-6-8-13)15(20-12)16-18-17(2,3)11-19-16/h4-9H,10-11H2,1-3H3. The molecule has 1 aromatic carbocycles.